The molecule has 6 heteroatoms. The molecule has 0 spiro atoms. The van der Waals surface area contributed by atoms with Crippen LogP contribution in [-0.4, -0.2) is 44.6 Å². The Morgan fingerprint density at radius 2 is 1.85 bits per heavy atom. The second-order valence-electron chi connectivity index (χ2n) is 6.73. The number of carbonyl (C=O) groups is 2. The van der Waals surface area contributed by atoms with Crippen molar-refractivity contribution in [3.8, 4) is 5.75 Å². The molecule has 6 nitrogen and oxygen atoms in total. The lowest BCUT2D eigenvalue weighted by Gasteiger charge is -2.28. The fraction of sp³-hybridized carbons (Fsp3) is 0.333. The highest BCUT2D eigenvalue weighted by atomic mass is 16.5. The third-order valence-electron chi connectivity index (χ3n) is 4.90. The molecule has 27 heavy (non-hydrogen) atoms. The summed E-state index contributed by atoms with van der Waals surface area (Å²) in [6.07, 6.45) is 1.34. The van der Waals surface area contributed by atoms with Gasteiger partial charge in [-0.05, 0) is 48.4 Å². The zero-order valence-corrected chi connectivity index (χ0v) is 15.1. The molecule has 1 heterocycles. The summed E-state index contributed by atoms with van der Waals surface area (Å²) in [5, 5.41) is 2.83. The number of fused-ring (bicyclic) bond motifs is 1. The number of Topliss-reactive ketones (excluding diaryl/α,β-unsaturated/α-hetero) is 1. The molecule has 0 atom stereocenters. The van der Waals surface area contributed by atoms with Gasteiger partial charge in [-0.25, -0.2) is 0 Å². The summed E-state index contributed by atoms with van der Waals surface area (Å²) in [5.41, 5.74) is 3.61. The van der Waals surface area contributed by atoms with E-state index in [2.05, 4.69) is 10.2 Å². The summed E-state index contributed by atoms with van der Waals surface area (Å²) in [6, 6.07) is 13.2. The number of hydrogen-bond donors (Lipinski definition) is 1. The van der Waals surface area contributed by atoms with Crippen molar-refractivity contribution in [2.45, 2.75) is 12.8 Å². The summed E-state index contributed by atoms with van der Waals surface area (Å²) in [7, 11) is 0. The molecule has 1 saturated heterocycles. The first-order valence-corrected chi connectivity index (χ1v) is 9.20. The Kier molecular flexibility index (Phi) is 5.07. The molecule has 1 aliphatic carbocycles. The van der Waals surface area contributed by atoms with Gasteiger partial charge in [-0.1, -0.05) is 6.07 Å². The number of carbonyl (C=O) groups excluding carboxylic acids is 2. The largest absolute Gasteiger partial charge is 0.484 e. The molecule has 0 saturated carbocycles. The number of ether oxygens (including phenoxy) is 2. The smallest absolute Gasteiger partial charge is 0.262 e. The third-order valence-corrected chi connectivity index (χ3v) is 4.90. The van der Waals surface area contributed by atoms with E-state index in [4.69, 9.17) is 9.47 Å². The Morgan fingerprint density at radius 1 is 1.07 bits per heavy atom. The van der Waals surface area contributed by atoms with Crippen LogP contribution in [0.2, 0.25) is 0 Å². The molecule has 1 aliphatic heterocycles. The van der Waals surface area contributed by atoms with E-state index in [-0.39, 0.29) is 18.3 Å². The van der Waals surface area contributed by atoms with Crippen molar-refractivity contribution in [3.05, 3.63) is 53.6 Å². The molecule has 2 aromatic rings. The summed E-state index contributed by atoms with van der Waals surface area (Å²) in [6.45, 7) is 3.14. The zero-order chi connectivity index (χ0) is 18.6. The molecule has 1 amide bonds. The lowest BCUT2D eigenvalue weighted by atomic mass is 10.1. The predicted molar refractivity (Wildman–Crippen MR) is 103 cm³/mol. The highest BCUT2D eigenvalue weighted by molar-refractivity contribution is 6.00. The number of morpholine rings is 1. The first-order chi connectivity index (χ1) is 13.2. The van der Waals surface area contributed by atoms with Crippen LogP contribution in [0.4, 0.5) is 11.4 Å². The molecule has 1 N–H and O–H groups in total. The molecule has 2 aromatic carbocycles. The Labute approximate surface area is 158 Å². The minimum atomic E-state index is -0.235. The molecule has 140 valence electrons. The quantitative estimate of drug-likeness (QED) is 0.881. The predicted octanol–water partition coefficient (Wildman–Crippen LogP) is 2.67. The summed E-state index contributed by atoms with van der Waals surface area (Å²) in [4.78, 5) is 26.2. The van der Waals surface area contributed by atoms with E-state index in [0.717, 1.165) is 49.7 Å². The van der Waals surface area contributed by atoms with Crippen LogP contribution in [0.15, 0.2) is 42.5 Å². The molecule has 1 fully saturated rings. The van der Waals surface area contributed by atoms with Gasteiger partial charge in [-0.15, -0.1) is 0 Å². The Balaban J connectivity index is 1.30. The molecule has 0 radical (unpaired) electrons. The highest BCUT2D eigenvalue weighted by Crippen LogP contribution is 2.26. The van der Waals surface area contributed by atoms with Crippen molar-refractivity contribution in [1.82, 2.24) is 0 Å². The first-order valence-electron chi connectivity index (χ1n) is 9.20. The van der Waals surface area contributed by atoms with Crippen molar-refractivity contribution in [2.24, 2.45) is 0 Å². The van der Waals surface area contributed by atoms with Crippen LogP contribution >= 0.6 is 0 Å². The number of ketones is 1. The van der Waals surface area contributed by atoms with Crippen molar-refractivity contribution in [3.63, 3.8) is 0 Å². The minimum absolute atomic E-state index is 0.0990. The number of aryl methyl sites for hydroxylation is 1. The van der Waals surface area contributed by atoms with E-state index < -0.39 is 0 Å². The van der Waals surface area contributed by atoms with Gasteiger partial charge in [0.1, 0.15) is 5.75 Å². The van der Waals surface area contributed by atoms with Crippen LogP contribution in [-0.2, 0) is 16.0 Å². The van der Waals surface area contributed by atoms with E-state index in [9.17, 15) is 9.59 Å². The van der Waals surface area contributed by atoms with Crippen LogP contribution in [0.5, 0.6) is 5.75 Å². The van der Waals surface area contributed by atoms with Crippen LogP contribution in [0.3, 0.4) is 0 Å². The van der Waals surface area contributed by atoms with Crippen molar-refractivity contribution < 1.29 is 19.1 Å². The number of hydrogen-bond acceptors (Lipinski definition) is 5. The van der Waals surface area contributed by atoms with Gasteiger partial charge in [0, 0.05) is 36.4 Å². The van der Waals surface area contributed by atoms with Gasteiger partial charge in [-0.3, -0.25) is 9.59 Å². The average molecular weight is 366 g/mol. The topological polar surface area (TPSA) is 67.9 Å². The molecule has 4 rings (SSSR count). The Hall–Kier alpha value is -2.86. The van der Waals surface area contributed by atoms with Gasteiger partial charge >= 0.3 is 0 Å². The van der Waals surface area contributed by atoms with Crippen LogP contribution < -0.4 is 15.0 Å². The molecule has 0 unspecified atom stereocenters. The van der Waals surface area contributed by atoms with Crippen LogP contribution in [0.25, 0.3) is 0 Å². The van der Waals surface area contributed by atoms with Gasteiger partial charge in [0.2, 0.25) is 0 Å². The highest BCUT2D eigenvalue weighted by Gasteiger charge is 2.20. The second-order valence-corrected chi connectivity index (χ2v) is 6.73. The maximum Gasteiger partial charge on any atom is 0.262 e. The van der Waals surface area contributed by atoms with Crippen LogP contribution in [0.1, 0.15) is 22.3 Å². The average Bonchev–Trinajstić information content (AvgIpc) is 3.08. The third kappa shape index (κ3) is 4.11. The first kappa shape index (κ1) is 17.5. The van der Waals surface area contributed by atoms with Gasteiger partial charge in [0.25, 0.3) is 5.91 Å². The monoisotopic (exact) mass is 366 g/mol. The maximum atomic E-state index is 12.1. The van der Waals surface area contributed by atoms with Crippen LogP contribution in [0, 0.1) is 0 Å². The standard InChI is InChI=1S/C21H22N2O4/c24-20-8-2-15-1-7-18(13-19(15)20)27-14-21(25)22-16-3-5-17(6-4-16)23-9-11-26-12-10-23/h1,3-7,13H,2,8-12,14H2,(H,22,25). The van der Waals surface area contributed by atoms with E-state index in [1.54, 1.807) is 6.07 Å². The number of benzene rings is 2. The number of anilines is 2. The van der Waals surface area contributed by atoms with Crippen molar-refractivity contribution in [1.29, 1.82) is 0 Å². The maximum absolute atomic E-state index is 12.1. The molecular weight excluding hydrogens is 344 g/mol. The fourth-order valence-corrected chi connectivity index (χ4v) is 3.43. The van der Waals surface area contributed by atoms with Gasteiger partial charge in [0.05, 0.1) is 13.2 Å². The van der Waals surface area contributed by atoms with E-state index in [1.807, 2.05) is 36.4 Å². The summed E-state index contributed by atoms with van der Waals surface area (Å²) in [5.74, 6) is 0.447. The summed E-state index contributed by atoms with van der Waals surface area (Å²) < 4.78 is 10.9. The molecule has 0 bridgehead atoms. The normalized spacial score (nSPS) is 16.1. The molecule has 0 aromatic heterocycles. The van der Waals surface area contributed by atoms with E-state index in [0.29, 0.717) is 17.7 Å². The Morgan fingerprint density at radius 3 is 2.63 bits per heavy atom. The lowest BCUT2D eigenvalue weighted by molar-refractivity contribution is -0.118. The fourth-order valence-electron chi connectivity index (χ4n) is 3.43. The van der Waals surface area contributed by atoms with E-state index >= 15 is 0 Å². The van der Waals surface area contributed by atoms with Gasteiger partial charge in [-0.2, -0.15) is 0 Å². The summed E-state index contributed by atoms with van der Waals surface area (Å²) >= 11 is 0. The van der Waals surface area contributed by atoms with Gasteiger partial charge < -0.3 is 19.7 Å². The van der Waals surface area contributed by atoms with Crippen molar-refractivity contribution >= 4 is 23.1 Å². The number of nitrogens with zero attached hydrogens (tertiary/aromatic N) is 1. The number of amides is 1. The number of nitrogens with one attached hydrogen (secondary N) is 1. The minimum Gasteiger partial charge on any atom is -0.484 e. The molecule has 2 aliphatic rings. The van der Waals surface area contributed by atoms with Crippen molar-refractivity contribution in [2.75, 3.05) is 43.1 Å². The Bertz CT molecular complexity index is 842. The SMILES string of the molecule is O=C(COc1ccc2c(c1)C(=O)CC2)Nc1ccc(N2CCOCC2)cc1. The van der Waals surface area contributed by atoms with E-state index in [1.165, 1.54) is 0 Å². The zero-order valence-electron chi connectivity index (χ0n) is 15.1. The second kappa shape index (κ2) is 7.80. The number of rotatable bonds is 5. The molecular formula is C21H22N2O4. The van der Waals surface area contributed by atoms with Gasteiger partial charge in [0.15, 0.2) is 12.4 Å². The lowest BCUT2D eigenvalue weighted by Crippen LogP contribution is -2.36.